The summed E-state index contributed by atoms with van der Waals surface area (Å²) in [4.78, 5) is 2.55. The third-order valence-electron chi connectivity index (χ3n) is 4.52. The van der Waals surface area contributed by atoms with Gasteiger partial charge in [0, 0.05) is 19.1 Å². The molecular formula is C14H28N2O. The summed E-state index contributed by atoms with van der Waals surface area (Å²) in [5.74, 6) is 0. The van der Waals surface area contributed by atoms with Crippen molar-refractivity contribution in [2.45, 2.75) is 63.5 Å². The van der Waals surface area contributed by atoms with Crippen LogP contribution in [0.1, 0.15) is 51.9 Å². The lowest BCUT2D eigenvalue weighted by atomic mass is 9.85. The molecule has 0 aromatic rings. The lowest BCUT2D eigenvalue weighted by molar-refractivity contribution is 0.00402. The second-order valence-electron chi connectivity index (χ2n) is 5.84. The largest absolute Gasteiger partial charge is 0.389 e. The Morgan fingerprint density at radius 1 is 1.24 bits per heavy atom. The summed E-state index contributed by atoms with van der Waals surface area (Å²) < 4.78 is 0. The van der Waals surface area contributed by atoms with E-state index in [0.29, 0.717) is 6.04 Å². The first kappa shape index (κ1) is 13.3. The number of rotatable bonds is 5. The van der Waals surface area contributed by atoms with Gasteiger partial charge in [0.15, 0.2) is 0 Å². The molecule has 1 saturated heterocycles. The number of aliphatic hydroxyl groups is 1. The molecular weight excluding hydrogens is 212 g/mol. The van der Waals surface area contributed by atoms with E-state index in [9.17, 15) is 5.11 Å². The van der Waals surface area contributed by atoms with Crippen LogP contribution >= 0.6 is 0 Å². The van der Waals surface area contributed by atoms with Gasteiger partial charge in [0.2, 0.25) is 0 Å². The van der Waals surface area contributed by atoms with E-state index in [4.69, 9.17) is 0 Å². The molecule has 0 amide bonds. The van der Waals surface area contributed by atoms with Gasteiger partial charge in [-0.05, 0) is 38.8 Å². The molecule has 0 spiro atoms. The van der Waals surface area contributed by atoms with Gasteiger partial charge >= 0.3 is 0 Å². The molecule has 0 aromatic carbocycles. The maximum absolute atomic E-state index is 10.4. The van der Waals surface area contributed by atoms with Crippen molar-refractivity contribution in [2.24, 2.45) is 0 Å². The third kappa shape index (κ3) is 3.67. The van der Waals surface area contributed by atoms with Crippen LogP contribution in [0.4, 0.5) is 0 Å². The van der Waals surface area contributed by atoms with Crippen molar-refractivity contribution < 1.29 is 5.11 Å². The molecule has 3 nitrogen and oxygen atoms in total. The Kier molecular flexibility index (Phi) is 4.83. The fourth-order valence-corrected chi connectivity index (χ4v) is 3.40. The van der Waals surface area contributed by atoms with Crippen LogP contribution in [0, 0.1) is 0 Å². The first-order chi connectivity index (χ1) is 8.23. The highest BCUT2D eigenvalue weighted by Gasteiger charge is 2.29. The number of nitrogens with zero attached hydrogens (tertiary/aromatic N) is 1. The molecule has 0 bridgehead atoms. The lowest BCUT2D eigenvalue weighted by Crippen LogP contribution is -2.46. The molecule has 2 fully saturated rings. The molecule has 0 aromatic heterocycles. The molecule has 2 aliphatic rings. The molecule has 1 atom stereocenters. The Hall–Kier alpha value is -0.120. The van der Waals surface area contributed by atoms with Gasteiger partial charge in [-0.3, -0.25) is 4.90 Å². The molecule has 1 heterocycles. The van der Waals surface area contributed by atoms with Gasteiger partial charge in [-0.15, -0.1) is 0 Å². The molecule has 3 heteroatoms. The fourth-order valence-electron chi connectivity index (χ4n) is 3.40. The summed E-state index contributed by atoms with van der Waals surface area (Å²) in [6.45, 7) is 6.51. The van der Waals surface area contributed by atoms with Crippen molar-refractivity contribution in [3.8, 4) is 0 Å². The number of hydrogen-bond acceptors (Lipinski definition) is 3. The van der Waals surface area contributed by atoms with E-state index in [2.05, 4.69) is 17.1 Å². The van der Waals surface area contributed by atoms with Crippen LogP contribution in [0.25, 0.3) is 0 Å². The van der Waals surface area contributed by atoms with Crippen LogP contribution < -0.4 is 5.32 Å². The van der Waals surface area contributed by atoms with Crippen LogP contribution in [-0.4, -0.2) is 47.8 Å². The van der Waals surface area contributed by atoms with E-state index in [-0.39, 0.29) is 0 Å². The minimum absolute atomic E-state index is 0.409. The van der Waals surface area contributed by atoms with Gasteiger partial charge in [-0.2, -0.15) is 0 Å². The Morgan fingerprint density at radius 3 is 2.71 bits per heavy atom. The van der Waals surface area contributed by atoms with Crippen molar-refractivity contribution in [2.75, 3.05) is 26.2 Å². The summed E-state index contributed by atoms with van der Waals surface area (Å²) in [7, 11) is 0. The Bertz CT molecular complexity index is 226. The smallest absolute Gasteiger partial charge is 0.0771 e. The summed E-state index contributed by atoms with van der Waals surface area (Å²) in [6.07, 6.45) is 8.33. The first-order valence-corrected chi connectivity index (χ1v) is 7.41. The normalized spacial score (nSPS) is 29.6. The summed E-state index contributed by atoms with van der Waals surface area (Å²) in [6, 6.07) is 0.701. The van der Waals surface area contributed by atoms with Crippen LogP contribution in [0.15, 0.2) is 0 Å². The van der Waals surface area contributed by atoms with Gasteiger partial charge in [0.05, 0.1) is 5.60 Å². The van der Waals surface area contributed by atoms with Crippen molar-refractivity contribution in [3.63, 3.8) is 0 Å². The zero-order chi connectivity index (χ0) is 12.1. The molecule has 2 N–H and O–H groups in total. The highest BCUT2D eigenvalue weighted by molar-refractivity contribution is 4.86. The maximum Gasteiger partial charge on any atom is 0.0771 e. The third-order valence-corrected chi connectivity index (χ3v) is 4.52. The fraction of sp³-hybridized carbons (Fsp3) is 1.00. The van der Waals surface area contributed by atoms with E-state index in [1.165, 1.54) is 38.6 Å². The van der Waals surface area contributed by atoms with E-state index in [1.54, 1.807) is 0 Å². The van der Waals surface area contributed by atoms with Gasteiger partial charge < -0.3 is 10.4 Å². The zero-order valence-corrected chi connectivity index (χ0v) is 11.2. The first-order valence-electron chi connectivity index (χ1n) is 7.41. The Labute approximate surface area is 106 Å². The Balaban J connectivity index is 1.68. The minimum atomic E-state index is -0.409. The van der Waals surface area contributed by atoms with E-state index >= 15 is 0 Å². The van der Waals surface area contributed by atoms with Crippen LogP contribution in [-0.2, 0) is 0 Å². The Morgan fingerprint density at radius 2 is 2.00 bits per heavy atom. The van der Waals surface area contributed by atoms with E-state index in [0.717, 1.165) is 32.5 Å². The van der Waals surface area contributed by atoms with Crippen molar-refractivity contribution in [1.29, 1.82) is 0 Å². The predicted molar refractivity (Wildman–Crippen MR) is 71.2 cm³/mol. The highest BCUT2D eigenvalue weighted by atomic mass is 16.3. The number of hydrogen-bond donors (Lipinski definition) is 2. The molecule has 1 aliphatic carbocycles. The molecule has 17 heavy (non-hydrogen) atoms. The van der Waals surface area contributed by atoms with Crippen LogP contribution in [0.5, 0.6) is 0 Å². The minimum Gasteiger partial charge on any atom is -0.389 e. The zero-order valence-electron chi connectivity index (χ0n) is 11.2. The van der Waals surface area contributed by atoms with Crippen molar-refractivity contribution in [3.05, 3.63) is 0 Å². The van der Waals surface area contributed by atoms with E-state index < -0.39 is 5.60 Å². The molecule has 0 radical (unpaired) electrons. The topological polar surface area (TPSA) is 35.5 Å². The molecule has 2 rings (SSSR count). The number of likely N-dealkylation sites (tertiary alicyclic amines) is 1. The maximum atomic E-state index is 10.4. The quantitative estimate of drug-likeness (QED) is 0.768. The molecule has 1 aliphatic heterocycles. The van der Waals surface area contributed by atoms with Gasteiger partial charge in [0.25, 0.3) is 0 Å². The molecule has 1 saturated carbocycles. The summed E-state index contributed by atoms with van der Waals surface area (Å²) in [5.41, 5.74) is -0.409. The lowest BCUT2D eigenvalue weighted by Gasteiger charge is -2.33. The second-order valence-corrected chi connectivity index (χ2v) is 5.84. The number of likely N-dealkylation sites (N-methyl/N-ethyl adjacent to an activating group) is 1. The van der Waals surface area contributed by atoms with Gasteiger partial charge in [-0.1, -0.05) is 26.2 Å². The standard InChI is InChI=1S/C14H28N2O/c1-2-16-10-6-7-13(16)11-15-12-14(17)8-4-3-5-9-14/h13,15,17H,2-12H2,1H3. The second kappa shape index (κ2) is 6.17. The van der Waals surface area contributed by atoms with Crippen LogP contribution in [0.2, 0.25) is 0 Å². The average molecular weight is 240 g/mol. The number of nitrogens with one attached hydrogen (secondary N) is 1. The molecule has 1 unspecified atom stereocenters. The van der Waals surface area contributed by atoms with E-state index in [1.807, 2.05) is 0 Å². The molecule has 100 valence electrons. The van der Waals surface area contributed by atoms with Crippen LogP contribution in [0.3, 0.4) is 0 Å². The van der Waals surface area contributed by atoms with Gasteiger partial charge in [-0.25, -0.2) is 0 Å². The highest BCUT2D eigenvalue weighted by Crippen LogP contribution is 2.27. The summed E-state index contributed by atoms with van der Waals surface area (Å²) in [5, 5.41) is 13.9. The predicted octanol–water partition coefficient (Wildman–Crippen LogP) is 1.76. The summed E-state index contributed by atoms with van der Waals surface area (Å²) >= 11 is 0. The SMILES string of the molecule is CCN1CCCC1CNCC1(O)CCCCC1. The van der Waals surface area contributed by atoms with Gasteiger partial charge in [0.1, 0.15) is 0 Å². The monoisotopic (exact) mass is 240 g/mol. The van der Waals surface area contributed by atoms with Crippen molar-refractivity contribution >= 4 is 0 Å². The average Bonchev–Trinajstić information content (AvgIpc) is 2.77. The van der Waals surface area contributed by atoms with Crippen molar-refractivity contribution in [1.82, 2.24) is 10.2 Å².